The van der Waals surface area contributed by atoms with Crippen LogP contribution in [0.4, 0.5) is 27.4 Å². The lowest BCUT2D eigenvalue weighted by atomic mass is 10.2. The van der Waals surface area contributed by atoms with Crippen LogP contribution in [0, 0.1) is 12.7 Å². The lowest BCUT2D eigenvalue weighted by molar-refractivity contribution is -0.111. The molecule has 1 saturated heterocycles. The van der Waals surface area contributed by atoms with Crippen LogP contribution in [-0.2, 0) is 4.79 Å². The Bertz CT molecular complexity index is 1590. The Hall–Kier alpha value is -4.64. The molecule has 10 nitrogen and oxygen atoms in total. The number of fused-ring (bicyclic) bond motifs is 1. The number of likely N-dealkylation sites (N-methyl/N-ethyl adjacent to an activating group) is 1. The third kappa shape index (κ3) is 5.09. The van der Waals surface area contributed by atoms with Crippen molar-refractivity contribution >= 4 is 40.0 Å². The third-order valence-electron chi connectivity index (χ3n) is 6.40. The molecule has 2 N–H and O–H groups in total. The molecule has 3 heterocycles. The van der Waals surface area contributed by atoms with E-state index in [0.29, 0.717) is 34.2 Å². The number of halogens is 1. The van der Waals surface area contributed by atoms with E-state index in [4.69, 9.17) is 0 Å². The van der Waals surface area contributed by atoms with Crippen LogP contribution in [0.15, 0.2) is 66.1 Å². The first-order chi connectivity index (χ1) is 18.3. The summed E-state index contributed by atoms with van der Waals surface area (Å²) in [4.78, 5) is 41.6. The summed E-state index contributed by atoms with van der Waals surface area (Å²) in [6, 6.07) is 12.0. The second-order valence-electron chi connectivity index (χ2n) is 9.06. The van der Waals surface area contributed by atoms with Crippen molar-refractivity contribution in [2.24, 2.45) is 0 Å². The van der Waals surface area contributed by atoms with Crippen LogP contribution in [-0.4, -0.2) is 63.6 Å². The molecule has 1 fully saturated rings. The van der Waals surface area contributed by atoms with Gasteiger partial charge < -0.3 is 20.4 Å². The number of hydrogen-bond donors (Lipinski definition) is 2. The molecule has 1 aliphatic heterocycles. The normalized spacial score (nSPS) is 13.9. The number of aryl methyl sites for hydroxylation is 1. The predicted octanol–water partition coefficient (Wildman–Crippen LogP) is 3.24. The van der Waals surface area contributed by atoms with Gasteiger partial charge in [-0.25, -0.2) is 9.37 Å². The van der Waals surface area contributed by atoms with Crippen molar-refractivity contribution in [1.82, 2.24) is 24.4 Å². The zero-order valence-corrected chi connectivity index (χ0v) is 21.1. The Labute approximate surface area is 218 Å². The molecule has 0 spiro atoms. The summed E-state index contributed by atoms with van der Waals surface area (Å²) in [5, 5.41) is 5.99. The van der Waals surface area contributed by atoms with E-state index in [1.54, 1.807) is 41.8 Å². The molecule has 2 aromatic carbocycles. The highest BCUT2D eigenvalue weighted by molar-refractivity contribution is 5.99. The summed E-state index contributed by atoms with van der Waals surface area (Å²) < 4.78 is 16.7. The largest absolute Gasteiger partial charge is 0.367 e. The van der Waals surface area contributed by atoms with Gasteiger partial charge in [0.1, 0.15) is 17.0 Å². The molecule has 1 aliphatic rings. The number of benzene rings is 2. The highest BCUT2D eigenvalue weighted by atomic mass is 19.1. The van der Waals surface area contributed by atoms with Gasteiger partial charge in [-0.3, -0.25) is 14.2 Å². The number of nitrogens with zero attached hydrogens (tertiary/aromatic N) is 6. The maximum absolute atomic E-state index is 15.0. The topological polar surface area (TPSA) is 108 Å². The minimum Gasteiger partial charge on any atom is -0.367 e. The van der Waals surface area contributed by atoms with Gasteiger partial charge in [0, 0.05) is 43.8 Å². The van der Waals surface area contributed by atoms with Crippen molar-refractivity contribution in [3.05, 3.63) is 83.3 Å². The summed E-state index contributed by atoms with van der Waals surface area (Å²) in [7, 11) is 2.05. The van der Waals surface area contributed by atoms with E-state index in [0.717, 1.165) is 26.2 Å². The van der Waals surface area contributed by atoms with Crippen LogP contribution in [0.1, 0.15) is 5.82 Å². The molecule has 0 bridgehead atoms. The minimum absolute atomic E-state index is 0.194. The molecule has 38 heavy (non-hydrogen) atoms. The van der Waals surface area contributed by atoms with E-state index in [2.05, 4.69) is 44.1 Å². The van der Waals surface area contributed by atoms with Gasteiger partial charge in [0.25, 0.3) is 5.56 Å². The third-order valence-corrected chi connectivity index (χ3v) is 6.40. The van der Waals surface area contributed by atoms with E-state index in [9.17, 15) is 9.59 Å². The van der Waals surface area contributed by atoms with Crippen LogP contribution < -0.4 is 21.1 Å². The zero-order valence-electron chi connectivity index (χ0n) is 21.1. The van der Waals surface area contributed by atoms with Crippen molar-refractivity contribution in [3.8, 4) is 5.69 Å². The Balaban J connectivity index is 1.49. The second kappa shape index (κ2) is 10.4. The number of carbonyl (C=O) groups excluding carboxylic acids is 1. The van der Waals surface area contributed by atoms with Gasteiger partial charge in [-0.2, -0.15) is 9.97 Å². The molecule has 0 radical (unpaired) electrons. The molecule has 1 amide bonds. The number of aromatic nitrogens is 4. The maximum Gasteiger partial charge on any atom is 0.284 e. The van der Waals surface area contributed by atoms with E-state index in [1.807, 2.05) is 11.0 Å². The average molecular weight is 515 g/mol. The van der Waals surface area contributed by atoms with Crippen LogP contribution >= 0.6 is 0 Å². The number of hydrogen-bond acceptors (Lipinski definition) is 8. The molecule has 0 saturated carbocycles. The molecular formula is C27H27FN8O2. The Kier molecular flexibility index (Phi) is 6.84. The highest BCUT2D eigenvalue weighted by Crippen LogP contribution is 2.26. The molecule has 2 aromatic heterocycles. The van der Waals surface area contributed by atoms with Gasteiger partial charge in [0.2, 0.25) is 11.9 Å². The van der Waals surface area contributed by atoms with E-state index in [1.165, 1.54) is 18.3 Å². The molecule has 11 heteroatoms. The van der Waals surface area contributed by atoms with E-state index >= 15 is 4.39 Å². The van der Waals surface area contributed by atoms with Gasteiger partial charge in [-0.05, 0) is 56.4 Å². The van der Waals surface area contributed by atoms with Crippen molar-refractivity contribution in [2.45, 2.75) is 6.92 Å². The quantitative estimate of drug-likeness (QED) is 0.378. The summed E-state index contributed by atoms with van der Waals surface area (Å²) >= 11 is 0. The number of carbonyl (C=O) groups is 1. The molecule has 4 aromatic rings. The molecule has 5 rings (SSSR count). The van der Waals surface area contributed by atoms with Crippen LogP contribution in [0.25, 0.3) is 16.7 Å². The molecule has 194 valence electrons. The fourth-order valence-corrected chi connectivity index (χ4v) is 4.41. The maximum atomic E-state index is 15.0. The SMILES string of the molecule is C=CC(=O)Nc1cccc(-n2c(C)nc(=O)c3cnc(Nc4ccc(N5CCN(C)CC5)c(F)c4)nc32)c1. The summed E-state index contributed by atoms with van der Waals surface area (Å²) in [5.41, 5.74) is 2.08. The first kappa shape index (κ1) is 25.0. The van der Waals surface area contributed by atoms with Crippen molar-refractivity contribution in [1.29, 1.82) is 0 Å². The fourth-order valence-electron chi connectivity index (χ4n) is 4.41. The van der Waals surface area contributed by atoms with Crippen LogP contribution in [0.5, 0.6) is 0 Å². The number of anilines is 4. The Morgan fingerprint density at radius 3 is 2.61 bits per heavy atom. The smallest absolute Gasteiger partial charge is 0.284 e. The van der Waals surface area contributed by atoms with Crippen molar-refractivity contribution in [3.63, 3.8) is 0 Å². The minimum atomic E-state index is -0.459. The second-order valence-corrected chi connectivity index (χ2v) is 9.06. The van der Waals surface area contributed by atoms with Gasteiger partial charge >= 0.3 is 0 Å². The molecule has 0 atom stereocenters. The summed E-state index contributed by atoms with van der Waals surface area (Å²) in [6.45, 7) is 8.44. The standard InChI is InChI=1S/C27H27FN8O2/c1-4-24(37)31-18-6-5-7-20(14-18)36-17(2)30-26(38)21-16-29-27(33-25(21)36)32-19-8-9-23(22(28)15-19)35-12-10-34(3)11-13-35/h4-9,14-16H,1,10-13H2,2-3H3,(H,31,37)(H,29,32,33). The predicted molar refractivity (Wildman–Crippen MR) is 146 cm³/mol. The van der Waals surface area contributed by atoms with Crippen molar-refractivity contribution in [2.75, 3.05) is 48.8 Å². The Morgan fingerprint density at radius 1 is 1.08 bits per heavy atom. The van der Waals surface area contributed by atoms with Gasteiger partial charge in [0.15, 0.2) is 5.65 Å². The first-order valence-electron chi connectivity index (χ1n) is 12.1. The lowest BCUT2D eigenvalue weighted by Gasteiger charge is -2.34. The molecule has 0 unspecified atom stereocenters. The number of piperazine rings is 1. The number of nitrogens with one attached hydrogen (secondary N) is 2. The van der Waals surface area contributed by atoms with Gasteiger partial charge in [0.05, 0.1) is 11.4 Å². The van der Waals surface area contributed by atoms with E-state index in [-0.39, 0.29) is 23.1 Å². The van der Waals surface area contributed by atoms with Crippen LogP contribution in [0.3, 0.4) is 0 Å². The summed E-state index contributed by atoms with van der Waals surface area (Å²) in [5.74, 6) is -0.0850. The van der Waals surface area contributed by atoms with Crippen LogP contribution in [0.2, 0.25) is 0 Å². The monoisotopic (exact) mass is 514 g/mol. The van der Waals surface area contributed by atoms with Gasteiger partial charge in [-0.15, -0.1) is 0 Å². The van der Waals surface area contributed by atoms with Gasteiger partial charge in [-0.1, -0.05) is 12.6 Å². The first-order valence-corrected chi connectivity index (χ1v) is 12.1. The highest BCUT2D eigenvalue weighted by Gasteiger charge is 2.18. The molecular weight excluding hydrogens is 487 g/mol. The van der Waals surface area contributed by atoms with Crippen molar-refractivity contribution < 1.29 is 9.18 Å². The molecule has 0 aliphatic carbocycles. The number of rotatable bonds is 6. The average Bonchev–Trinajstić information content (AvgIpc) is 2.89. The summed E-state index contributed by atoms with van der Waals surface area (Å²) in [6.07, 6.45) is 2.58. The lowest BCUT2D eigenvalue weighted by Crippen LogP contribution is -2.44. The Morgan fingerprint density at radius 2 is 1.87 bits per heavy atom. The zero-order chi connectivity index (χ0) is 26.8. The van der Waals surface area contributed by atoms with E-state index < -0.39 is 5.56 Å². The number of amides is 1. The fraction of sp³-hybridized carbons (Fsp3) is 0.222.